The Morgan fingerprint density at radius 2 is 1.89 bits per heavy atom. The first-order valence-electron chi connectivity index (χ1n) is 7.41. The minimum atomic E-state index is -0.805. The Bertz CT molecular complexity index is 908. The van der Waals surface area contributed by atoms with Crippen molar-refractivity contribution in [3.63, 3.8) is 0 Å². The molecule has 0 aromatic heterocycles. The maximum Gasteiger partial charge on any atom is 0.344 e. The molecule has 0 spiro atoms. The average Bonchev–Trinajstić information content (AvgIpc) is 2.66. The van der Waals surface area contributed by atoms with Gasteiger partial charge in [-0.15, -0.1) is 0 Å². The molecule has 2 rings (SSSR count). The molecule has 0 unspecified atom stereocenters. The van der Waals surface area contributed by atoms with Crippen molar-refractivity contribution < 1.29 is 24.0 Å². The molecule has 0 saturated heterocycles. The first-order valence-corrected chi connectivity index (χ1v) is 7.79. The van der Waals surface area contributed by atoms with E-state index in [1.807, 2.05) is 6.07 Å². The number of carbonyl (C=O) groups excluding carboxylic acids is 2. The van der Waals surface area contributed by atoms with Gasteiger partial charge < -0.3 is 14.8 Å². The number of hydrogen-bond donors (Lipinski definition) is 1. The molecule has 0 aliphatic rings. The van der Waals surface area contributed by atoms with Gasteiger partial charge >= 0.3 is 5.97 Å². The number of anilines is 1. The van der Waals surface area contributed by atoms with Crippen molar-refractivity contribution >= 4 is 34.9 Å². The Morgan fingerprint density at radius 3 is 2.52 bits per heavy atom. The SMILES string of the molecule is N#Cc1ccc(OCC(=O)OCC(=O)Nc2ccc(Cl)cc2[N+](=O)[O-])cc1. The van der Waals surface area contributed by atoms with E-state index >= 15 is 0 Å². The summed E-state index contributed by atoms with van der Waals surface area (Å²) in [6.07, 6.45) is 0. The van der Waals surface area contributed by atoms with Crippen molar-refractivity contribution in [2.24, 2.45) is 0 Å². The van der Waals surface area contributed by atoms with Gasteiger partial charge in [-0.3, -0.25) is 14.9 Å². The Balaban J connectivity index is 1.82. The van der Waals surface area contributed by atoms with Gasteiger partial charge in [-0.05, 0) is 36.4 Å². The summed E-state index contributed by atoms with van der Waals surface area (Å²) in [5.41, 5.74) is -0.0107. The number of amides is 1. The zero-order valence-corrected chi connectivity index (χ0v) is 14.4. The fourth-order valence-corrected chi connectivity index (χ4v) is 2.07. The van der Waals surface area contributed by atoms with Gasteiger partial charge in [0.15, 0.2) is 13.2 Å². The molecule has 0 atom stereocenters. The van der Waals surface area contributed by atoms with Crippen molar-refractivity contribution in [3.8, 4) is 11.8 Å². The third kappa shape index (κ3) is 5.98. The van der Waals surface area contributed by atoms with Crippen molar-refractivity contribution in [2.45, 2.75) is 0 Å². The summed E-state index contributed by atoms with van der Waals surface area (Å²) >= 11 is 5.69. The fourth-order valence-electron chi connectivity index (χ4n) is 1.90. The minimum Gasteiger partial charge on any atom is -0.482 e. The van der Waals surface area contributed by atoms with Crippen LogP contribution in [0, 0.1) is 21.4 Å². The molecule has 0 bridgehead atoms. The molecule has 2 aromatic rings. The van der Waals surface area contributed by atoms with E-state index in [-0.39, 0.29) is 16.4 Å². The van der Waals surface area contributed by atoms with Crippen molar-refractivity contribution in [1.82, 2.24) is 0 Å². The topological polar surface area (TPSA) is 132 Å². The third-order valence-corrected chi connectivity index (χ3v) is 3.37. The highest BCUT2D eigenvalue weighted by Crippen LogP contribution is 2.27. The van der Waals surface area contributed by atoms with E-state index in [2.05, 4.69) is 5.32 Å². The van der Waals surface area contributed by atoms with Gasteiger partial charge in [0, 0.05) is 11.1 Å². The highest BCUT2D eigenvalue weighted by Gasteiger charge is 2.17. The maximum atomic E-state index is 11.8. The monoisotopic (exact) mass is 389 g/mol. The number of nitro benzene ring substituents is 1. The van der Waals surface area contributed by atoms with E-state index in [0.29, 0.717) is 11.3 Å². The number of rotatable bonds is 7. The molecule has 2 aromatic carbocycles. The van der Waals surface area contributed by atoms with E-state index in [9.17, 15) is 19.7 Å². The van der Waals surface area contributed by atoms with Crippen LogP contribution in [0.15, 0.2) is 42.5 Å². The standard InChI is InChI=1S/C17H12ClN3O6/c18-12-3-6-14(15(7-12)21(24)25)20-16(22)9-27-17(23)10-26-13-4-1-11(8-19)2-5-13/h1-7H,9-10H2,(H,20,22). The number of nitriles is 1. The molecule has 1 N–H and O–H groups in total. The lowest BCUT2D eigenvalue weighted by Gasteiger charge is -2.08. The van der Waals surface area contributed by atoms with Gasteiger partial charge in [0.25, 0.3) is 11.6 Å². The number of ether oxygens (including phenoxy) is 2. The lowest BCUT2D eigenvalue weighted by Crippen LogP contribution is -2.24. The summed E-state index contributed by atoms with van der Waals surface area (Å²) in [7, 11) is 0. The molecule has 0 heterocycles. The number of esters is 1. The molecule has 0 saturated carbocycles. The minimum absolute atomic E-state index is 0.0701. The summed E-state index contributed by atoms with van der Waals surface area (Å²) in [4.78, 5) is 33.7. The summed E-state index contributed by atoms with van der Waals surface area (Å²) in [6.45, 7) is -1.09. The first kappa shape index (κ1) is 19.7. The molecule has 27 heavy (non-hydrogen) atoms. The van der Waals surface area contributed by atoms with Crippen LogP contribution >= 0.6 is 11.6 Å². The van der Waals surface area contributed by atoms with Crippen LogP contribution in [0.3, 0.4) is 0 Å². The highest BCUT2D eigenvalue weighted by molar-refractivity contribution is 6.31. The molecular weight excluding hydrogens is 378 g/mol. The van der Waals surface area contributed by atoms with E-state index < -0.39 is 30.0 Å². The summed E-state index contributed by atoms with van der Waals surface area (Å²) < 4.78 is 9.90. The predicted octanol–water partition coefficient (Wildman–Crippen LogP) is 2.68. The van der Waals surface area contributed by atoms with E-state index in [4.69, 9.17) is 26.3 Å². The fraction of sp³-hybridized carbons (Fsp3) is 0.118. The van der Waals surface area contributed by atoms with E-state index in [0.717, 1.165) is 6.07 Å². The molecule has 0 radical (unpaired) electrons. The molecule has 1 amide bonds. The van der Waals surface area contributed by atoms with E-state index in [1.165, 1.54) is 36.4 Å². The van der Waals surface area contributed by atoms with Gasteiger partial charge in [0.05, 0.1) is 16.6 Å². The highest BCUT2D eigenvalue weighted by atomic mass is 35.5. The second-order valence-corrected chi connectivity index (χ2v) is 5.49. The summed E-state index contributed by atoms with van der Waals surface area (Å²) in [6, 6.07) is 11.8. The van der Waals surface area contributed by atoms with Gasteiger partial charge in [0.2, 0.25) is 0 Å². The largest absolute Gasteiger partial charge is 0.482 e. The van der Waals surface area contributed by atoms with Crippen LogP contribution < -0.4 is 10.1 Å². The number of nitro groups is 1. The lowest BCUT2D eigenvalue weighted by molar-refractivity contribution is -0.383. The lowest BCUT2D eigenvalue weighted by atomic mass is 10.2. The van der Waals surface area contributed by atoms with Gasteiger partial charge in [-0.1, -0.05) is 11.6 Å². The number of halogens is 1. The normalized spacial score (nSPS) is 9.78. The summed E-state index contributed by atoms with van der Waals surface area (Å²) in [5.74, 6) is -1.21. The van der Waals surface area contributed by atoms with Crippen molar-refractivity contribution in [3.05, 3.63) is 63.2 Å². The zero-order chi connectivity index (χ0) is 19.8. The smallest absolute Gasteiger partial charge is 0.344 e. The molecule has 0 aliphatic heterocycles. The molecule has 138 valence electrons. The van der Waals surface area contributed by atoms with Gasteiger partial charge in [-0.25, -0.2) is 4.79 Å². The maximum absolute atomic E-state index is 11.8. The van der Waals surface area contributed by atoms with Crippen LogP contribution in [0.4, 0.5) is 11.4 Å². The Labute approximate surface area is 158 Å². The third-order valence-electron chi connectivity index (χ3n) is 3.13. The van der Waals surface area contributed by atoms with Crippen LogP contribution in [0.25, 0.3) is 0 Å². The van der Waals surface area contributed by atoms with Gasteiger partial charge in [-0.2, -0.15) is 5.26 Å². The molecule has 9 nitrogen and oxygen atoms in total. The zero-order valence-electron chi connectivity index (χ0n) is 13.7. The number of benzene rings is 2. The van der Waals surface area contributed by atoms with Crippen LogP contribution in [0.2, 0.25) is 5.02 Å². The number of nitrogens with zero attached hydrogens (tertiary/aromatic N) is 2. The molecular formula is C17H12ClN3O6. The van der Waals surface area contributed by atoms with Gasteiger partial charge in [0.1, 0.15) is 11.4 Å². The van der Waals surface area contributed by atoms with Crippen molar-refractivity contribution in [1.29, 1.82) is 5.26 Å². The Kier molecular flexibility index (Phi) is 6.68. The number of carbonyl (C=O) groups is 2. The average molecular weight is 390 g/mol. The Hall–Kier alpha value is -3.64. The number of hydrogen-bond acceptors (Lipinski definition) is 7. The predicted molar refractivity (Wildman–Crippen MR) is 94.3 cm³/mol. The number of nitrogens with one attached hydrogen (secondary N) is 1. The molecule has 0 fully saturated rings. The van der Waals surface area contributed by atoms with Crippen LogP contribution in [0.1, 0.15) is 5.56 Å². The first-order chi connectivity index (χ1) is 12.9. The quantitative estimate of drug-likeness (QED) is 0.437. The molecule has 10 heteroatoms. The Morgan fingerprint density at radius 1 is 1.19 bits per heavy atom. The van der Waals surface area contributed by atoms with Crippen molar-refractivity contribution in [2.75, 3.05) is 18.5 Å². The molecule has 0 aliphatic carbocycles. The second-order valence-electron chi connectivity index (χ2n) is 5.05. The van der Waals surface area contributed by atoms with Crippen LogP contribution in [-0.4, -0.2) is 30.0 Å². The van der Waals surface area contributed by atoms with E-state index in [1.54, 1.807) is 0 Å². The second kappa shape index (κ2) is 9.17. The van der Waals surface area contributed by atoms with Crippen LogP contribution in [0.5, 0.6) is 5.75 Å². The van der Waals surface area contributed by atoms with Crippen LogP contribution in [-0.2, 0) is 14.3 Å². The summed E-state index contributed by atoms with van der Waals surface area (Å²) in [5, 5.41) is 22.1.